The van der Waals surface area contributed by atoms with Crippen LogP contribution in [0, 0.1) is 0 Å². The van der Waals surface area contributed by atoms with Gasteiger partial charge in [0.15, 0.2) is 5.96 Å². The van der Waals surface area contributed by atoms with Gasteiger partial charge in [-0.2, -0.15) is 0 Å². The first-order valence-electron chi connectivity index (χ1n) is 10.6. The number of rotatable bonds is 5. The summed E-state index contributed by atoms with van der Waals surface area (Å²) < 4.78 is 0. The van der Waals surface area contributed by atoms with Gasteiger partial charge in [-0.15, -0.1) is 0 Å². The minimum Gasteiger partial charge on any atom is -0.356 e. The lowest BCUT2D eigenvalue weighted by molar-refractivity contribution is 0.312. The van der Waals surface area contributed by atoms with Crippen molar-refractivity contribution in [2.45, 2.75) is 25.3 Å². The van der Waals surface area contributed by atoms with Crippen LogP contribution >= 0.6 is 0 Å². The van der Waals surface area contributed by atoms with Crippen LogP contribution in [0.1, 0.15) is 29.0 Å². The molecule has 1 unspecified atom stereocenters. The first-order chi connectivity index (χ1) is 14.2. The lowest BCUT2D eigenvalue weighted by atomic mass is 10.0. The van der Waals surface area contributed by atoms with Gasteiger partial charge in [0, 0.05) is 58.4 Å². The Morgan fingerprint density at radius 2 is 1.97 bits per heavy atom. The molecular weight excluding hydrogens is 360 g/mol. The first-order valence-corrected chi connectivity index (χ1v) is 10.6. The second-order valence-corrected chi connectivity index (χ2v) is 8.05. The van der Waals surface area contributed by atoms with E-state index in [9.17, 15) is 0 Å². The Balaban J connectivity index is 1.29. The third-order valence-corrected chi connectivity index (χ3v) is 6.09. The third kappa shape index (κ3) is 4.88. The van der Waals surface area contributed by atoms with Gasteiger partial charge in [-0.25, -0.2) is 4.98 Å². The molecule has 1 fully saturated rings. The number of aryl methyl sites for hydroxylation is 1. The number of hydrogen-bond acceptors (Lipinski definition) is 4. The van der Waals surface area contributed by atoms with Crippen LogP contribution in [0.5, 0.6) is 0 Å². The molecule has 2 N–H and O–H groups in total. The van der Waals surface area contributed by atoms with Crippen LogP contribution in [0.15, 0.2) is 47.6 Å². The lowest BCUT2D eigenvalue weighted by Gasteiger charge is -2.33. The lowest BCUT2D eigenvalue weighted by Crippen LogP contribution is -2.44. The largest absolute Gasteiger partial charge is 0.356 e. The predicted octanol–water partition coefficient (Wildman–Crippen LogP) is 2.23. The van der Waals surface area contributed by atoms with Crippen molar-refractivity contribution in [3.05, 3.63) is 59.3 Å². The standard InChI is InChI=1S/C23H32N6/c1-24-23(27-17-20-8-7-19-5-3-4-6-21(19)20)26-16-18-9-10-25-22(15-18)29-13-11-28(2)12-14-29/h3-6,9-10,15,20H,7-8,11-14,16-17H2,1-2H3,(H2,24,26,27). The van der Waals surface area contributed by atoms with Crippen molar-refractivity contribution in [1.29, 1.82) is 0 Å². The van der Waals surface area contributed by atoms with E-state index in [4.69, 9.17) is 0 Å². The van der Waals surface area contributed by atoms with E-state index in [1.54, 1.807) is 0 Å². The molecule has 154 valence electrons. The van der Waals surface area contributed by atoms with Crippen LogP contribution in [-0.4, -0.2) is 62.7 Å². The Hall–Kier alpha value is -2.60. The molecule has 0 saturated carbocycles. The molecule has 1 aliphatic carbocycles. The molecule has 2 heterocycles. The maximum Gasteiger partial charge on any atom is 0.191 e. The normalized spacial score (nSPS) is 19.9. The molecule has 0 bridgehead atoms. The quantitative estimate of drug-likeness (QED) is 0.604. The van der Waals surface area contributed by atoms with Crippen LogP contribution in [0.3, 0.4) is 0 Å². The number of aromatic nitrogens is 1. The van der Waals surface area contributed by atoms with Gasteiger partial charge in [0.05, 0.1) is 0 Å². The van der Waals surface area contributed by atoms with Gasteiger partial charge in [0.1, 0.15) is 5.82 Å². The molecule has 2 aliphatic rings. The van der Waals surface area contributed by atoms with Crippen molar-refractivity contribution in [1.82, 2.24) is 20.5 Å². The molecule has 6 nitrogen and oxygen atoms in total. The Kier molecular flexibility index (Phi) is 6.30. The van der Waals surface area contributed by atoms with Crippen molar-refractivity contribution in [3.8, 4) is 0 Å². The molecule has 1 aliphatic heterocycles. The highest BCUT2D eigenvalue weighted by Gasteiger charge is 2.21. The summed E-state index contributed by atoms with van der Waals surface area (Å²) in [5.41, 5.74) is 4.21. The van der Waals surface area contributed by atoms with Crippen molar-refractivity contribution in [2.75, 3.05) is 51.7 Å². The average molecular weight is 393 g/mol. The van der Waals surface area contributed by atoms with E-state index in [1.807, 2.05) is 13.2 Å². The van der Waals surface area contributed by atoms with Crippen molar-refractivity contribution < 1.29 is 0 Å². The highest BCUT2D eigenvalue weighted by Crippen LogP contribution is 2.32. The number of likely N-dealkylation sites (N-methyl/N-ethyl adjacent to an activating group) is 1. The number of piperazine rings is 1. The summed E-state index contributed by atoms with van der Waals surface area (Å²) in [6.45, 7) is 5.90. The first kappa shape index (κ1) is 19.7. The summed E-state index contributed by atoms with van der Waals surface area (Å²) in [5.74, 6) is 2.49. The Morgan fingerprint density at radius 3 is 2.79 bits per heavy atom. The fourth-order valence-electron chi connectivity index (χ4n) is 4.26. The monoisotopic (exact) mass is 392 g/mol. The topological polar surface area (TPSA) is 55.8 Å². The van der Waals surface area contributed by atoms with E-state index in [1.165, 1.54) is 29.5 Å². The molecule has 1 saturated heterocycles. The van der Waals surface area contributed by atoms with Crippen LogP contribution in [0.2, 0.25) is 0 Å². The van der Waals surface area contributed by atoms with Crippen LogP contribution < -0.4 is 15.5 Å². The minimum atomic E-state index is 0.564. The molecule has 4 rings (SSSR count). The number of fused-ring (bicyclic) bond motifs is 1. The summed E-state index contributed by atoms with van der Waals surface area (Å²) in [6.07, 6.45) is 4.30. The van der Waals surface area contributed by atoms with E-state index in [0.717, 1.165) is 51.0 Å². The van der Waals surface area contributed by atoms with Crippen LogP contribution in [0.4, 0.5) is 5.82 Å². The number of aliphatic imine (C=N–C) groups is 1. The Morgan fingerprint density at radius 1 is 1.14 bits per heavy atom. The van der Waals surface area contributed by atoms with Gasteiger partial charge in [0.25, 0.3) is 0 Å². The van der Waals surface area contributed by atoms with Gasteiger partial charge >= 0.3 is 0 Å². The second kappa shape index (κ2) is 9.27. The molecular formula is C23H32N6. The number of nitrogens with zero attached hydrogens (tertiary/aromatic N) is 4. The molecule has 2 aromatic rings. The second-order valence-electron chi connectivity index (χ2n) is 8.05. The van der Waals surface area contributed by atoms with E-state index in [-0.39, 0.29) is 0 Å². The smallest absolute Gasteiger partial charge is 0.191 e. The predicted molar refractivity (Wildman–Crippen MR) is 120 cm³/mol. The fraction of sp³-hybridized carbons (Fsp3) is 0.478. The highest BCUT2D eigenvalue weighted by atomic mass is 15.3. The van der Waals surface area contributed by atoms with Crippen molar-refractivity contribution in [3.63, 3.8) is 0 Å². The maximum absolute atomic E-state index is 4.58. The summed E-state index contributed by atoms with van der Waals surface area (Å²) in [5, 5.41) is 6.97. The fourth-order valence-corrected chi connectivity index (χ4v) is 4.26. The van der Waals surface area contributed by atoms with Gasteiger partial charge in [-0.1, -0.05) is 24.3 Å². The zero-order valence-electron chi connectivity index (χ0n) is 17.6. The van der Waals surface area contributed by atoms with Crippen LogP contribution in [0.25, 0.3) is 0 Å². The number of pyridine rings is 1. The molecule has 1 aromatic heterocycles. The van der Waals surface area contributed by atoms with Crippen molar-refractivity contribution in [2.24, 2.45) is 4.99 Å². The summed E-state index contributed by atoms with van der Waals surface area (Å²) >= 11 is 0. The van der Waals surface area contributed by atoms with Gasteiger partial charge in [0.2, 0.25) is 0 Å². The van der Waals surface area contributed by atoms with E-state index in [0.29, 0.717) is 5.92 Å². The highest BCUT2D eigenvalue weighted by molar-refractivity contribution is 5.79. The summed E-state index contributed by atoms with van der Waals surface area (Å²) in [7, 11) is 4.01. The van der Waals surface area contributed by atoms with Gasteiger partial charge in [-0.05, 0) is 48.7 Å². The number of hydrogen-bond donors (Lipinski definition) is 2. The number of benzene rings is 1. The third-order valence-electron chi connectivity index (χ3n) is 6.09. The van der Waals surface area contributed by atoms with E-state index in [2.05, 4.69) is 73.9 Å². The number of nitrogens with one attached hydrogen (secondary N) is 2. The molecule has 1 aromatic carbocycles. The van der Waals surface area contributed by atoms with E-state index >= 15 is 0 Å². The molecule has 0 radical (unpaired) electrons. The van der Waals surface area contributed by atoms with Crippen molar-refractivity contribution >= 4 is 11.8 Å². The molecule has 29 heavy (non-hydrogen) atoms. The van der Waals surface area contributed by atoms with E-state index < -0.39 is 0 Å². The SMILES string of the molecule is CN=C(NCc1ccnc(N2CCN(C)CC2)c1)NCC1CCc2ccccc21. The summed E-state index contributed by atoms with van der Waals surface area (Å²) in [6, 6.07) is 13.1. The maximum atomic E-state index is 4.58. The average Bonchev–Trinajstić information content (AvgIpc) is 3.18. The molecule has 0 amide bonds. The zero-order chi connectivity index (χ0) is 20.1. The van der Waals surface area contributed by atoms with Crippen LogP contribution in [-0.2, 0) is 13.0 Å². The number of guanidine groups is 1. The molecule has 0 spiro atoms. The summed E-state index contributed by atoms with van der Waals surface area (Å²) in [4.78, 5) is 13.7. The molecule has 1 atom stereocenters. The minimum absolute atomic E-state index is 0.564. The van der Waals surface area contributed by atoms with Gasteiger partial charge < -0.3 is 20.4 Å². The van der Waals surface area contributed by atoms with Gasteiger partial charge in [-0.3, -0.25) is 4.99 Å². The Bertz CT molecular complexity index is 841. The zero-order valence-corrected chi connectivity index (χ0v) is 17.6. The number of anilines is 1. The Labute approximate surface area is 174 Å². The molecule has 6 heteroatoms.